The Balaban J connectivity index is 1.97. The molecule has 6 nitrogen and oxygen atoms in total. The van der Waals surface area contributed by atoms with Crippen LogP contribution in [0.4, 0.5) is 5.82 Å². The van der Waals surface area contributed by atoms with E-state index >= 15 is 0 Å². The minimum atomic E-state index is -0.178. The van der Waals surface area contributed by atoms with Gasteiger partial charge < -0.3 is 4.79 Å². The van der Waals surface area contributed by atoms with E-state index in [0.29, 0.717) is 35.6 Å². The van der Waals surface area contributed by atoms with Crippen LogP contribution in [-0.2, 0) is 11.2 Å². The van der Waals surface area contributed by atoms with Gasteiger partial charge in [-0.2, -0.15) is 5.26 Å². The molecule has 3 rings (SSSR count). The largest absolute Gasteiger partial charge is 0.303 e. The highest BCUT2D eigenvalue weighted by Crippen LogP contribution is 2.32. The molecule has 0 fully saturated rings. The number of allylic oxidation sites excluding steroid dienone is 3. The summed E-state index contributed by atoms with van der Waals surface area (Å²) in [6.45, 7) is 4.16. The van der Waals surface area contributed by atoms with Gasteiger partial charge in [-0.05, 0) is 36.3 Å². The molecular weight excluding hydrogens is 328 g/mol. The number of aromatic nitrogens is 2. The van der Waals surface area contributed by atoms with Crippen LogP contribution in [0.2, 0.25) is 0 Å². The molecule has 26 heavy (non-hydrogen) atoms. The molecule has 1 aromatic carbocycles. The lowest BCUT2D eigenvalue weighted by Gasteiger charge is -2.16. The van der Waals surface area contributed by atoms with E-state index in [1.807, 2.05) is 6.07 Å². The van der Waals surface area contributed by atoms with E-state index in [4.69, 9.17) is 5.26 Å². The van der Waals surface area contributed by atoms with E-state index in [1.54, 1.807) is 41.3 Å². The number of nitriles is 1. The highest BCUT2D eigenvalue weighted by molar-refractivity contribution is 6.07. The van der Waals surface area contributed by atoms with Crippen LogP contribution in [-0.4, -0.2) is 28.7 Å². The molecule has 0 radical (unpaired) electrons. The molecule has 2 heterocycles. The first-order valence-electron chi connectivity index (χ1n) is 8.11. The molecule has 0 bridgehead atoms. The fraction of sp³-hybridized carbons (Fsp3) is 0.150. The van der Waals surface area contributed by atoms with E-state index in [2.05, 4.69) is 16.5 Å². The Morgan fingerprint density at radius 3 is 2.73 bits per heavy atom. The molecule has 0 unspecified atom stereocenters. The lowest BCUT2D eigenvalue weighted by atomic mass is 10.0. The Labute approximate surface area is 151 Å². The summed E-state index contributed by atoms with van der Waals surface area (Å²) in [6, 6.07) is 8.54. The number of carbonyl (C=O) groups is 2. The maximum atomic E-state index is 12.8. The maximum absolute atomic E-state index is 12.8. The zero-order chi connectivity index (χ0) is 18.5. The summed E-state index contributed by atoms with van der Waals surface area (Å²) in [5, 5.41) is 8.88. The van der Waals surface area contributed by atoms with Crippen molar-refractivity contribution in [2.24, 2.45) is 0 Å². The van der Waals surface area contributed by atoms with E-state index in [-0.39, 0.29) is 12.3 Å². The zero-order valence-corrected chi connectivity index (χ0v) is 14.1. The Kier molecular flexibility index (Phi) is 4.99. The number of benzene rings is 1. The van der Waals surface area contributed by atoms with Crippen LogP contribution in [0.15, 0.2) is 49.3 Å². The number of fused-ring (bicyclic) bond motifs is 1. The standard InChI is InChI=1S/C20H16N4O2/c1-2-3-15(9-11-25)18-17-8-10-24(19(17)23-13-22-18)20(26)16-6-4-14(12-21)5-7-16/h2-7,11,13H,1,8-10H2. The van der Waals surface area contributed by atoms with E-state index in [9.17, 15) is 9.59 Å². The third kappa shape index (κ3) is 3.15. The molecule has 0 saturated carbocycles. The fourth-order valence-corrected chi connectivity index (χ4v) is 2.99. The first kappa shape index (κ1) is 17.2. The van der Waals surface area contributed by atoms with Crippen molar-refractivity contribution in [3.63, 3.8) is 0 Å². The Hall–Kier alpha value is -3.59. The van der Waals surface area contributed by atoms with Gasteiger partial charge in [-0.15, -0.1) is 0 Å². The van der Waals surface area contributed by atoms with Crippen LogP contribution in [0.5, 0.6) is 0 Å². The van der Waals surface area contributed by atoms with Crippen molar-refractivity contribution in [1.29, 1.82) is 5.26 Å². The summed E-state index contributed by atoms with van der Waals surface area (Å²) in [7, 11) is 0. The van der Waals surface area contributed by atoms with Gasteiger partial charge in [0.1, 0.15) is 18.4 Å². The SMILES string of the molecule is C=CC=C(CC=O)c1ncnc2c1CCN2C(=O)c1ccc(C#N)cc1. The monoisotopic (exact) mass is 344 g/mol. The number of hydrogen-bond acceptors (Lipinski definition) is 5. The average Bonchev–Trinajstić information content (AvgIpc) is 3.11. The van der Waals surface area contributed by atoms with Gasteiger partial charge in [-0.25, -0.2) is 9.97 Å². The predicted molar refractivity (Wildman–Crippen MR) is 97.4 cm³/mol. The van der Waals surface area contributed by atoms with Crippen molar-refractivity contribution in [3.05, 3.63) is 71.7 Å². The third-order valence-electron chi connectivity index (χ3n) is 4.20. The van der Waals surface area contributed by atoms with Gasteiger partial charge >= 0.3 is 0 Å². The van der Waals surface area contributed by atoms with E-state index in [1.165, 1.54) is 6.33 Å². The van der Waals surface area contributed by atoms with Crippen LogP contribution in [0, 0.1) is 11.3 Å². The van der Waals surface area contributed by atoms with Crippen molar-refractivity contribution >= 4 is 23.6 Å². The molecule has 0 N–H and O–H groups in total. The fourth-order valence-electron chi connectivity index (χ4n) is 2.99. The Morgan fingerprint density at radius 2 is 2.08 bits per heavy atom. The first-order chi connectivity index (χ1) is 12.7. The first-order valence-corrected chi connectivity index (χ1v) is 8.11. The summed E-state index contributed by atoms with van der Waals surface area (Å²) in [5.74, 6) is 0.382. The molecule has 1 amide bonds. The molecule has 0 aliphatic carbocycles. The van der Waals surface area contributed by atoms with Gasteiger partial charge in [0.05, 0.1) is 17.3 Å². The molecule has 2 aromatic rings. The van der Waals surface area contributed by atoms with Crippen molar-refractivity contribution in [3.8, 4) is 6.07 Å². The molecule has 6 heteroatoms. The van der Waals surface area contributed by atoms with Gasteiger partial charge in [0.2, 0.25) is 0 Å². The van der Waals surface area contributed by atoms with Gasteiger partial charge in [-0.3, -0.25) is 9.69 Å². The molecule has 0 atom stereocenters. The van der Waals surface area contributed by atoms with Crippen LogP contribution >= 0.6 is 0 Å². The van der Waals surface area contributed by atoms with E-state index < -0.39 is 0 Å². The van der Waals surface area contributed by atoms with Crippen LogP contribution in [0.3, 0.4) is 0 Å². The van der Waals surface area contributed by atoms with Gasteiger partial charge in [-0.1, -0.05) is 18.7 Å². The van der Waals surface area contributed by atoms with E-state index in [0.717, 1.165) is 17.4 Å². The highest BCUT2D eigenvalue weighted by Gasteiger charge is 2.30. The number of rotatable bonds is 5. The van der Waals surface area contributed by atoms with Gasteiger partial charge in [0, 0.05) is 24.1 Å². The zero-order valence-electron chi connectivity index (χ0n) is 14.1. The number of anilines is 1. The minimum absolute atomic E-state index is 0.178. The third-order valence-corrected chi connectivity index (χ3v) is 4.20. The molecule has 128 valence electrons. The summed E-state index contributed by atoms with van der Waals surface area (Å²) < 4.78 is 0. The molecule has 0 spiro atoms. The number of aldehydes is 1. The summed E-state index contributed by atoms with van der Waals surface area (Å²) in [4.78, 5) is 34.0. The molecule has 1 aliphatic rings. The lowest BCUT2D eigenvalue weighted by Crippen LogP contribution is -2.29. The topological polar surface area (TPSA) is 87.0 Å². The average molecular weight is 344 g/mol. The highest BCUT2D eigenvalue weighted by atomic mass is 16.2. The summed E-state index contributed by atoms with van der Waals surface area (Å²) in [6.07, 6.45) is 6.42. The van der Waals surface area contributed by atoms with Crippen LogP contribution < -0.4 is 4.90 Å². The van der Waals surface area contributed by atoms with Gasteiger partial charge in [0.25, 0.3) is 5.91 Å². The molecule has 0 saturated heterocycles. The van der Waals surface area contributed by atoms with Crippen LogP contribution in [0.1, 0.15) is 33.6 Å². The molecule has 1 aliphatic heterocycles. The smallest absolute Gasteiger partial charge is 0.259 e. The number of hydrogen-bond donors (Lipinski definition) is 0. The molecule has 1 aromatic heterocycles. The number of carbonyl (C=O) groups excluding carboxylic acids is 2. The van der Waals surface area contributed by atoms with Crippen molar-refractivity contribution < 1.29 is 9.59 Å². The number of amides is 1. The van der Waals surface area contributed by atoms with Crippen molar-refractivity contribution in [2.75, 3.05) is 11.4 Å². The Bertz CT molecular complexity index is 939. The minimum Gasteiger partial charge on any atom is -0.303 e. The summed E-state index contributed by atoms with van der Waals surface area (Å²) >= 11 is 0. The Morgan fingerprint density at radius 1 is 1.31 bits per heavy atom. The second kappa shape index (κ2) is 7.53. The molecular formula is C20H16N4O2. The lowest BCUT2D eigenvalue weighted by molar-refractivity contribution is -0.107. The second-order valence-electron chi connectivity index (χ2n) is 5.72. The van der Waals surface area contributed by atoms with Crippen LogP contribution in [0.25, 0.3) is 5.57 Å². The summed E-state index contributed by atoms with van der Waals surface area (Å²) in [5.41, 5.74) is 3.27. The number of nitrogens with zero attached hydrogens (tertiary/aromatic N) is 4. The van der Waals surface area contributed by atoms with Crippen molar-refractivity contribution in [1.82, 2.24) is 9.97 Å². The quantitative estimate of drug-likeness (QED) is 0.615. The second-order valence-corrected chi connectivity index (χ2v) is 5.72. The normalized spacial score (nSPS) is 13.0. The maximum Gasteiger partial charge on any atom is 0.259 e. The van der Waals surface area contributed by atoms with Gasteiger partial charge in [0.15, 0.2) is 0 Å². The van der Waals surface area contributed by atoms with Crippen molar-refractivity contribution in [2.45, 2.75) is 12.8 Å². The predicted octanol–water partition coefficient (Wildman–Crippen LogP) is 2.71.